The summed E-state index contributed by atoms with van der Waals surface area (Å²) in [6.45, 7) is 2.33. The lowest BCUT2D eigenvalue weighted by molar-refractivity contribution is 0.622. The van der Waals surface area contributed by atoms with Gasteiger partial charge in [0.05, 0.1) is 0 Å². The van der Waals surface area contributed by atoms with Gasteiger partial charge in [-0.15, -0.1) is 0 Å². The van der Waals surface area contributed by atoms with Gasteiger partial charge in [-0.1, -0.05) is 54.1 Å². The molecule has 3 aliphatic rings. The van der Waals surface area contributed by atoms with E-state index < -0.39 is 0 Å². The van der Waals surface area contributed by atoms with Crippen molar-refractivity contribution < 1.29 is 0 Å². The van der Waals surface area contributed by atoms with Gasteiger partial charge in [-0.25, -0.2) is 0 Å². The molecule has 0 aliphatic heterocycles. The summed E-state index contributed by atoms with van der Waals surface area (Å²) < 4.78 is 1.39. The minimum Gasteiger partial charge on any atom is -0.0764 e. The first kappa shape index (κ1) is 16.6. The Kier molecular flexibility index (Phi) is 4.16. The van der Waals surface area contributed by atoms with Crippen molar-refractivity contribution in [3.05, 3.63) is 79.8 Å². The van der Waals surface area contributed by atoms with Crippen LogP contribution in [0.15, 0.2) is 46.5 Å². The zero-order valence-electron chi connectivity index (χ0n) is 15.4. The quantitative estimate of drug-likeness (QED) is 0.498. The Morgan fingerprint density at radius 1 is 1.04 bits per heavy atom. The van der Waals surface area contributed by atoms with Crippen molar-refractivity contribution in [2.45, 2.75) is 57.3 Å². The van der Waals surface area contributed by atoms with Crippen molar-refractivity contribution in [1.29, 1.82) is 0 Å². The molecule has 2 atom stereocenters. The Labute approximate surface area is 165 Å². The molecule has 0 spiro atoms. The Morgan fingerprint density at radius 2 is 1.88 bits per heavy atom. The van der Waals surface area contributed by atoms with Gasteiger partial charge < -0.3 is 0 Å². The molecule has 0 N–H and O–H groups in total. The minimum absolute atomic E-state index is 0.587. The van der Waals surface area contributed by atoms with E-state index in [4.69, 9.17) is 0 Å². The van der Waals surface area contributed by atoms with Gasteiger partial charge in [-0.2, -0.15) is 0 Å². The fourth-order valence-electron chi connectivity index (χ4n) is 5.21. The van der Waals surface area contributed by atoms with E-state index in [1.54, 1.807) is 22.3 Å². The van der Waals surface area contributed by atoms with Gasteiger partial charge >= 0.3 is 0 Å². The Morgan fingerprint density at radius 3 is 2.81 bits per heavy atom. The molecule has 0 amide bonds. The monoisotopic (exact) mass is 404 g/mol. The van der Waals surface area contributed by atoms with Gasteiger partial charge in [-0.05, 0) is 94.8 Å². The number of aryl methyl sites for hydroxylation is 1. The zero-order valence-corrected chi connectivity index (χ0v) is 17.0. The minimum atomic E-state index is 0.587. The summed E-state index contributed by atoms with van der Waals surface area (Å²) in [5.74, 6) is 1.18. The molecule has 26 heavy (non-hydrogen) atoms. The van der Waals surface area contributed by atoms with Crippen LogP contribution >= 0.6 is 15.9 Å². The number of hydrogen-bond donors (Lipinski definition) is 0. The second kappa shape index (κ2) is 6.53. The Bertz CT molecular complexity index is 931. The maximum Gasteiger partial charge on any atom is 0.0285 e. The summed E-state index contributed by atoms with van der Waals surface area (Å²) in [7, 11) is 0. The number of benzene rings is 2. The normalized spacial score (nSPS) is 22.8. The van der Waals surface area contributed by atoms with E-state index >= 15 is 0 Å². The highest BCUT2D eigenvalue weighted by molar-refractivity contribution is 9.10. The molecule has 2 unspecified atom stereocenters. The van der Waals surface area contributed by atoms with Crippen molar-refractivity contribution in [3.63, 3.8) is 0 Å². The molecule has 0 heterocycles. The molecule has 0 aromatic heterocycles. The van der Waals surface area contributed by atoms with Crippen LogP contribution in [0.25, 0.3) is 12.2 Å². The summed E-state index contributed by atoms with van der Waals surface area (Å²) >= 11 is 3.96. The fraction of sp³-hybridized carbons (Fsp3) is 0.360. The molecule has 2 aromatic rings. The number of rotatable bonds is 3. The molecule has 3 aliphatic carbocycles. The average molecular weight is 405 g/mol. The predicted molar refractivity (Wildman–Crippen MR) is 115 cm³/mol. The molecular weight excluding hydrogens is 380 g/mol. The molecule has 1 heteroatoms. The van der Waals surface area contributed by atoms with Crippen LogP contribution in [0.5, 0.6) is 0 Å². The first-order valence-corrected chi connectivity index (χ1v) is 10.8. The highest BCUT2D eigenvalue weighted by Gasteiger charge is 2.29. The van der Waals surface area contributed by atoms with Crippen LogP contribution in [0.1, 0.15) is 77.8 Å². The average Bonchev–Trinajstić information content (AvgIpc) is 3.21. The van der Waals surface area contributed by atoms with Crippen molar-refractivity contribution in [2.75, 3.05) is 0 Å². The van der Waals surface area contributed by atoms with Gasteiger partial charge in [0.2, 0.25) is 0 Å². The lowest BCUT2D eigenvalue weighted by atomic mass is 9.83. The third-order valence-electron chi connectivity index (χ3n) is 6.62. The first-order chi connectivity index (χ1) is 12.7. The number of hydrogen-bond acceptors (Lipinski definition) is 0. The Hall–Kier alpha value is -1.60. The van der Waals surface area contributed by atoms with Crippen LogP contribution in [0.4, 0.5) is 0 Å². The second-order valence-corrected chi connectivity index (χ2v) is 8.94. The predicted octanol–water partition coefficient (Wildman–Crippen LogP) is 7.42. The topological polar surface area (TPSA) is 0 Å². The summed E-state index contributed by atoms with van der Waals surface area (Å²) in [5.41, 5.74) is 10.7. The Balaban J connectivity index is 1.41. The van der Waals surface area contributed by atoms with Crippen LogP contribution in [0, 0.1) is 0 Å². The van der Waals surface area contributed by atoms with Gasteiger partial charge in [0.15, 0.2) is 0 Å². The summed E-state index contributed by atoms with van der Waals surface area (Å²) in [6.07, 6.45) is 14.8. The molecular formula is C25H25Br. The molecule has 0 radical (unpaired) electrons. The van der Waals surface area contributed by atoms with E-state index in [-0.39, 0.29) is 0 Å². The summed E-state index contributed by atoms with van der Waals surface area (Å²) in [5, 5.41) is 0. The maximum atomic E-state index is 3.96. The van der Waals surface area contributed by atoms with Crippen LogP contribution < -0.4 is 0 Å². The number of halogens is 1. The van der Waals surface area contributed by atoms with Gasteiger partial charge in [-0.3, -0.25) is 0 Å². The van der Waals surface area contributed by atoms with Crippen LogP contribution in [-0.4, -0.2) is 0 Å². The molecule has 0 saturated heterocycles. The highest BCUT2D eigenvalue weighted by Crippen LogP contribution is 2.47. The van der Waals surface area contributed by atoms with E-state index in [9.17, 15) is 0 Å². The first-order valence-electron chi connectivity index (χ1n) is 10.0. The lowest BCUT2D eigenvalue weighted by Crippen LogP contribution is -2.08. The second-order valence-electron chi connectivity index (χ2n) is 8.15. The highest BCUT2D eigenvalue weighted by atomic mass is 79.9. The van der Waals surface area contributed by atoms with E-state index in [1.807, 2.05) is 0 Å². The third kappa shape index (κ3) is 2.63. The van der Waals surface area contributed by atoms with Crippen molar-refractivity contribution in [2.24, 2.45) is 0 Å². The van der Waals surface area contributed by atoms with E-state index in [0.717, 1.165) is 0 Å². The van der Waals surface area contributed by atoms with E-state index in [2.05, 4.69) is 71.4 Å². The largest absolute Gasteiger partial charge is 0.0764 e. The molecule has 132 valence electrons. The van der Waals surface area contributed by atoms with Crippen molar-refractivity contribution >= 4 is 28.1 Å². The van der Waals surface area contributed by atoms with Crippen molar-refractivity contribution in [1.82, 2.24) is 0 Å². The number of fused-ring (bicyclic) bond motifs is 3. The molecule has 0 saturated carbocycles. The van der Waals surface area contributed by atoms with Crippen molar-refractivity contribution in [3.8, 4) is 0 Å². The van der Waals surface area contributed by atoms with Crippen LogP contribution in [0.2, 0.25) is 0 Å². The summed E-state index contributed by atoms with van der Waals surface area (Å²) in [6, 6.07) is 11.4. The summed E-state index contributed by atoms with van der Waals surface area (Å²) in [4.78, 5) is 0. The molecule has 5 rings (SSSR count). The van der Waals surface area contributed by atoms with Gasteiger partial charge in [0, 0.05) is 16.3 Å². The maximum absolute atomic E-state index is 3.96. The fourth-order valence-corrected chi connectivity index (χ4v) is 6.00. The standard InChI is InChI=1S/C25H25Br/c1-16-14-24-23(15-19-7-3-5-9-22(19)25(24)26)20(16)13-12-18-11-10-17-6-2-4-8-21(17)18/h2,4,6,8,10-11,14-15,18,20H,3,5,7,9,12-13H2,1H3. The van der Waals surface area contributed by atoms with E-state index in [1.165, 1.54) is 59.7 Å². The van der Waals surface area contributed by atoms with E-state index in [0.29, 0.717) is 11.8 Å². The smallest absolute Gasteiger partial charge is 0.0285 e. The molecule has 2 aromatic carbocycles. The van der Waals surface area contributed by atoms with Crippen LogP contribution in [0.3, 0.4) is 0 Å². The molecule has 0 fully saturated rings. The SMILES string of the molecule is CC1=Cc2c(cc3c(c2Br)CCCC3)C1CCC1C=Cc2ccccc21. The number of allylic oxidation sites excluding steroid dienone is 2. The van der Waals surface area contributed by atoms with Crippen LogP contribution in [-0.2, 0) is 12.8 Å². The zero-order chi connectivity index (χ0) is 17.7. The molecule has 0 nitrogen and oxygen atoms in total. The van der Waals surface area contributed by atoms with Gasteiger partial charge in [0.25, 0.3) is 0 Å². The van der Waals surface area contributed by atoms with Gasteiger partial charge in [0.1, 0.15) is 0 Å². The third-order valence-corrected chi connectivity index (χ3v) is 7.53. The molecule has 0 bridgehead atoms. The lowest BCUT2D eigenvalue weighted by Gasteiger charge is -2.23.